The molecule has 18 heavy (non-hydrogen) atoms. The molecule has 96 valence electrons. The van der Waals surface area contributed by atoms with Gasteiger partial charge in [0.1, 0.15) is 11.2 Å². The van der Waals surface area contributed by atoms with Crippen LogP contribution in [0.4, 0.5) is 10.4 Å². The van der Waals surface area contributed by atoms with E-state index in [0.29, 0.717) is 18.5 Å². The second-order valence-electron chi connectivity index (χ2n) is 4.02. The molecule has 1 aromatic carbocycles. The van der Waals surface area contributed by atoms with Crippen LogP contribution >= 0.6 is 11.6 Å². The van der Waals surface area contributed by atoms with Gasteiger partial charge in [-0.2, -0.15) is 0 Å². The van der Waals surface area contributed by atoms with Crippen molar-refractivity contribution in [3.63, 3.8) is 0 Å². The minimum absolute atomic E-state index is 0.252. The van der Waals surface area contributed by atoms with E-state index in [4.69, 9.17) is 16.0 Å². The van der Waals surface area contributed by atoms with E-state index in [1.54, 1.807) is 24.0 Å². The predicted molar refractivity (Wildman–Crippen MR) is 67.1 cm³/mol. The third-order valence-electron chi connectivity index (χ3n) is 2.43. The van der Waals surface area contributed by atoms with Crippen LogP contribution in [0.5, 0.6) is 0 Å². The molecule has 0 amide bonds. The van der Waals surface area contributed by atoms with Crippen molar-refractivity contribution in [1.29, 1.82) is 0 Å². The first-order valence-corrected chi connectivity index (χ1v) is 5.93. The molecule has 0 aliphatic carbocycles. The molecule has 0 saturated heterocycles. The number of benzene rings is 1. The first-order valence-electron chi connectivity index (χ1n) is 5.49. The first-order chi connectivity index (χ1) is 8.56. The smallest absolute Gasteiger partial charge is 0.318 e. The maximum absolute atomic E-state index is 12.8. The predicted octanol–water partition coefficient (Wildman–Crippen LogP) is 3.14. The molecule has 0 aliphatic rings. The summed E-state index contributed by atoms with van der Waals surface area (Å²) in [5.41, 5.74) is 0.956. The molecule has 2 rings (SSSR count). The molecule has 4 nitrogen and oxygen atoms in total. The zero-order valence-electron chi connectivity index (χ0n) is 10.1. The molecule has 0 fully saturated rings. The molecule has 0 N–H and O–H groups in total. The van der Waals surface area contributed by atoms with Gasteiger partial charge in [-0.3, -0.25) is 0 Å². The lowest BCUT2D eigenvalue weighted by atomic mass is 10.2. The lowest BCUT2D eigenvalue weighted by molar-refractivity contribution is 0.489. The molecule has 0 bridgehead atoms. The summed E-state index contributed by atoms with van der Waals surface area (Å²) >= 11 is 5.84. The minimum Gasteiger partial charge on any atom is -0.406 e. The van der Waals surface area contributed by atoms with Gasteiger partial charge in [0.2, 0.25) is 5.89 Å². The Kier molecular flexibility index (Phi) is 3.81. The molecule has 1 aromatic heterocycles. The number of anilines is 1. The fourth-order valence-electron chi connectivity index (χ4n) is 1.47. The number of alkyl halides is 1. The van der Waals surface area contributed by atoms with E-state index < -0.39 is 0 Å². The highest BCUT2D eigenvalue weighted by Gasteiger charge is 2.14. The molecular formula is C12H13ClFN3O. The van der Waals surface area contributed by atoms with Crippen molar-refractivity contribution in [3.05, 3.63) is 41.5 Å². The summed E-state index contributed by atoms with van der Waals surface area (Å²) in [7, 11) is 1.82. The standard InChI is InChI=1S/C12H13ClFN3O/c1-8(13)11-15-16-12(18-11)17(2)7-9-3-5-10(14)6-4-9/h3-6,8H,7H2,1-2H3. The summed E-state index contributed by atoms with van der Waals surface area (Å²) in [6, 6.07) is 6.66. The Morgan fingerprint density at radius 1 is 1.33 bits per heavy atom. The summed E-state index contributed by atoms with van der Waals surface area (Å²) in [5, 5.41) is 7.43. The number of aromatic nitrogens is 2. The number of rotatable bonds is 4. The Bertz CT molecular complexity index is 512. The highest BCUT2D eigenvalue weighted by molar-refractivity contribution is 6.20. The van der Waals surface area contributed by atoms with Gasteiger partial charge in [-0.1, -0.05) is 17.2 Å². The highest BCUT2D eigenvalue weighted by atomic mass is 35.5. The van der Waals surface area contributed by atoms with E-state index in [9.17, 15) is 4.39 Å². The average molecular weight is 270 g/mol. The van der Waals surface area contributed by atoms with Gasteiger partial charge in [-0.05, 0) is 24.6 Å². The molecular weight excluding hydrogens is 257 g/mol. The summed E-state index contributed by atoms with van der Waals surface area (Å²) in [4.78, 5) is 1.78. The van der Waals surface area contributed by atoms with Crippen molar-refractivity contribution >= 4 is 17.6 Å². The van der Waals surface area contributed by atoms with Gasteiger partial charge in [0, 0.05) is 13.6 Å². The fourth-order valence-corrected chi connectivity index (χ4v) is 1.56. The second-order valence-corrected chi connectivity index (χ2v) is 4.68. The van der Waals surface area contributed by atoms with E-state index in [2.05, 4.69) is 10.2 Å². The van der Waals surface area contributed by atoms with Crippen LogP contribution in [0.15, 0.2) is 28.7 Å². The Balaban J connectivity index is 2.06. The van der Waals surface area contributed by atoms with Crippen LogP contribution in [0.3, 0.4) is 0 Å². The van der Waals surface area contributed by atoms with Gasteiger partial charge >= 0.3 is 6.01 Å². The lowest BCUT2D eigenvalue weighted by Crippen LogP contribution is -2.16. The van der Waals surface area contributed by atoms with Crippen LogP contribution in [-0.4, -0.2) is 17.2 Å². The molecule has 6 heteroatoms. The van der Waals surface area contributed by atoms with E-state index in [-0.39, 0.29) is 11.2 Å². The van der Waals surface area contributed by atoms with E-state index in [0.717, 1.165) is 5.56 Å². The third-order valence-corrected chi connectivity index (χ3v) is 2.62. The van der Waals surface area contributed by atoms with Crippen molar-refractivity contribution in [2.24, 2.45) is 0 Å². The van der Waals surface area contributed by atoms with Gasteiger partial charge in [0.05, 0.1) is 0 Å². The molecule has 1 atom stereocenters. The molecule has 1 heterocycles. The van der Waals surface area contributed by atoms with Crippen LogP contribution in [0.1, 0.15) is 23.8 Å². The number of hydrogen-bond donors (Lipinski definition) is 0. The van der Waals surface area contributed by atoms with Crippen LogP contribution in [0, 0.1) is 5.82 Å². The maximum atomic E-state index is 12.8. The largest absolute Gasteiger partial charge is 0.406 e. The number of nitrogens with zero attached hydrogens (tertiary/aromatic N) is 3. The fraction of sp³-hybridized carbons (Fsp3) is 0.333. The maximum Gasteiger partial charge on any atom is 0.318 e. The third kappa shape index (κ3) is 2.98. The van der Waals surface area contributed by atoms with Crippen LogP contribution in [-0.2, 0) is 6.54 Å². The zero-order chi connectivity index (χ0) is 13.1. The van der Waals surface area contributed by atoms with Crippen LogP contribution in [0.2, 0.25) is 0 Å². The second kappa shape index (κ2) is 5.35. The van der Waals surface area contributed by atoms with Gasteiger partial charge in [-0.15, -0.1) is 16.7 Å². The van der Waals surface area contributed by atoms with Crippen molar-refractivity contribution in [2.75, 3.05) is 11.9 Å². The van der Waals surface area contributed by atoms with Crippen molar-refractivity contribution in [1.82, 2.24) is 10.2 Å². The van der Waals surface area contributed by atoms with E-state index >= 15 is 0 Å². The normalized spacial score (nSPS) is 12.4. The molecule has 0 saturated carbocycles. The minimum atomic E-state index is -0.314. The monoisotopic (exact) mass is 269 g/mol. The lowest BCUT2D eigenvalue weighted by Gasteiger charge is -2.13. The Morgan fingerprint density at radius 3 is 2.56 bits per heavy atom. The highest BCUT2D eigenvalue weighted by Crippen LogP contribution is 2.21. The molecule has 0 aliphatic heterocycles. The van der Waals surface area contributed by atoms with Crippen molar-refractivity contribution < 1.29 is 8.81 Å². The van der Waals surface area contributed by atoms with Crippen LogP contribution in [0.25, 0.3) is 0 Å². The summed E-state index contributed by atoms with van der Waals surface area (Å²) in [5.74, 6) is 0.134. The Morgan fingerprint density at radius 2 is 2.00 bits per heavy atom. The van der Waals surface area contributed by atoms with E-state index in [1.807, 2.05) is 7.05 Å². The topological polar surface area (TPSA) is 42.2 Å². The summed E-state index contributed by atoms with van der Waals surface area (Å²) in [6.07, 6.45) is 0. The molecule has 2 aromatic rings. The van der Waals surface area contributed by atoms with Crippen molar-refractivity contribution in [2.45, 2.75) is 18.8 Å². The van der Waals surface area contributed by atoms with Gasteiger partial charge in [0.15, 0.2) is 0 Å². The summed E-state index contributed by atoms with van der Waals surface area (Å²) < 4.78 is 18.2. The van der Waals surface area contributed by atoms with Gasteiger partial charge in [0.25, 0.3) is 0 Å². The van der Waals surface area contributed by atoms with Gasteiger partial charge < -0.3 is 9.32 Å². The SMILES string of the molecule is CC(Cl)c1nnc(N(C)Cc2ccc(F)cc2)o1. The molecule has 0 spiro atoms. The first kappa shape index (κ1) is 12.8. The number of halogens is 2. The Labute approximate surface area is 109 Å². The van der Waals surface area contributed by atoms with E-state index in [1.165, 1.54) is 12.1 Å². The zero-order valence-corrected chi connectivity index (χ0v) is 10.9. The molecule has 0 radical (unpaired) electrons. The number of hydrogen-bond acceptors (Lipinski definition) is 4. The average Bonchev–Trinajstić information content (AvgIpc) is 2.81. The Hall–Kier alpha value is -1.62. The summed E-state index contributed by atoms with van der Waals surface area (Å²) in [6.45, 7) is 2.32. The van der Waals surface area contributed by atoms with Crippen molar-refractivity contribution in [3.8, 4) is 0 Å². The van der Waals surface area contributed by atoms with Crippen LogP contribution < -0.4 is 4.90 Å². The van der Waals surface area contributed by atoms with Gasteiger partial charge in [-0.25, -0.2) is 4.39 Å². The molecule has 1 unspecified atom stereocenters. The quantitative estimate of drug-likeness (QED) is 0.800.